The van der Waals surface area contributed by atoms with Crippen molar-refractivity contribution in [2.45, 2.75) is 12.8 Å². The Morgan fingerprint density at radius 3 is 3.00 bits per heavy atom. The molecule has 0 aliphatic carbocycles. The Bertz CT molecular complexity index is 297. The highest BCUT2D eigenvalue weighted by atomic mass is 35.5. The van der Waals surface area contributed by atoms with Crippen LogP contribution in [0.4, 0.5) is 0 Å². The molecule has 1 aromatic carbocycles. The summed E-state index contributed by atoms with van der Waals surface area (Å²) in [5, 5.41) is 3.39. The minimum atomic E-state index is 0. The maximum Gasteiger partial charge on any atom is 0.119 e. The summed E-state index contributed by atoms with van der Waals surface area (Å²) in [5.41, 5.74) is 1.39. The Morgan fingerprint density at radius 1 is 1.47 bits per heavy atom. The quantitative estimate of drug-likeness (QED) is 0.856. The average Bonchev–Trinajstić information content (AvgIpc) is 2.71. The van der Waals surface area contributed by atoms with E-state index in [1.165, 1.54) is 24.9 Å². The predicted molar refractivity (Wildman–Crippen MR) is 64.9 cm³/mol. The van der Waals surface area contributed by atoms with Gasteiger partial charge in [-0.25, -0.2) is 0 Å². The van der Waals surface area contributed by atoms with E-state index in [0.717, 1.165) is 18.2 Å². The van der Waals surface area contributed by atoms with Crippen LogP contribution in [0.3, 0.4) is 0 Å². The highest BCUT2D eigenvalue weighted by Gasteiger charge is 2.14. The Balaban J connectivity index is 0.00000112. The van der Waals surface area contributed by atoms with Gasteiger partial charge in [0.1, 0.15) is 5.75 Å². The van der Waals surface area contributed by atoms with Gasteiger partial charge in [-0.15, -0.1) is 12.4 Å². The highest BCUT2D eigenvalue weighted by Crippen LogP contribution is 2.18. The molecule has 1 aromatic rings. The molecule has 0 radical (unpaired) electrons. The van der Waals surface area contributed by atoms with Crippen LogP contribution in [0.5, 0.6) is 5.75 Å². The third kappa shape index (κ3) is 3.40. The van der Waals surface area contributed by atoms with E-state index in [1.54, 1.807) is 7.11 Å². The third-order valence-electron chi connectivity index (χ3n) is 2.82. The summed E-state index contributed by atoms with van der Waals surface area (Å²) in [6.07, 6.45) is 2.47. The fourth-order valence-electron chi connectivity index (χ4n) is 2.02. The summed E-state index contributed by atoms with van der Waals surface area (Å²) >= 11 is 0. The van der Waals surface area contributed by atoms with Crippen molar-refractivity contribution in [3.63, 3.8) is 0 Å². The molecule has 0 saturated carbocycles. The minimum Gasteiger partial charge on any atom is -0.497 e. The van der Waals surface area contributed by atoms with Crippen molar-refractivity contribution in [1.82, 2.24) is 5.32 Å². The molecule has 2 rings (SSSR count). The maximum absolute atomic E-state index is 5.20. The van der Waals surface area contributed by atoms with Crippen molar-refractivity contribution in [2.24, 2.45) is 5.92 Å². The van der Waals surface area contributed by atoms with E-state index in [4.69, 9.17) is 4.74 Å². The molecule has 1 saturated heterocycles. The summed E-state index contributed by atoms with van der Waals surface area (Å²) in [6.45, 7) is 2.34. The minimum absolute atomic E-state index is 0. The molecule has 1 aliphatic heterocycles. The number of rotatable bonds is 3. The van der Waals surface area contributed by atoms with E-state index >= 15 is 0 Å². The van der Waals surface area contributed by atoms with Crippen LogP contribution in [0, 0.1) is 5.92 Å². The van der Waals surface area contributed by atoms with Crippen LogP contribution in [0.15, 0.2) is 24.3 Å². The summed E-state index contributed by atoms with van der Waals surface area (Å²) in [5.74, 6) is 1.77. The van der Waals surface area contributed by atoms with E-state index in [1.807, 2.05) is 6.07 Å². The maximum atomic E-state index is 5.20. The number of hydrogen-bond acceptors (Lipinski definition) is 2. The lowest BCUT2D eigenvalue weighted by molar-refractivity contribution is 0.414. The van der Waals surface area contributed by atoms with Crippen molar-refractivity contribution in [1.29, 1.82) is 0 Å². The first-order valence-electron chi connectivity index (χ1n) is 5.22. The van der Waals surface area contributed by atoms with Crippen molar-refractivity contribution >= 4 is 12.4 Å². The van der Waals surface area contributed by atoms with Crippen LogP contribution < -0.4 is 10.1 Å². The molecule has 0 aromatic heterocycles. The number of benzene rings is 1. The topological polar surface area (TPSA) is 21.3 Å². The van der Waals surface area contributed by atoms with Gasteiger partial charge in [-0.1, -0.05) is 12.1 Å². The number of hydrogen-bond donors (Lipinski definition) is 1. The van der Waals surface area contributed by atoms with E-state index in [9.17, 15) is 0 Å². The van der Waals surface area contributed by atoms with Gasteiger partial charge in [0.05, 0.1) is 7.11 Å². The molecule has 1 fully saturated rings. The van der Waals surface area contributed by atoms with E-state index in [2.05, 4.69) is 23.5 Å². The zero-order valence-corrected chi connectivity index (χ0v) is 9.85. The smallest absolute Gasteiger partial charge is 0.119 e. The van der Waals surface area contributed by atoms with Gasteiger partial charge in [0.2, 0.25) is 0 Å². The van der Waals surface area contributed by atoms with Crippen molar-refractivity contribution in [2.75, 3.05) is 20.2 Å². The Morgan fingerprint density at radius 2 is 2.33 bits per heavy atom. The molecule has 0 bridgehead atoms. The average molecular weight is 228 g/mol. The van der Waals surface area contributed by atoms with Crippen LogP contribution in [-0.4, -0.2) is 20.2 Å². The van der Waals surface area contributed by atoms with Gasteiger partial charge in [-0.3, -0.25) is 0 Å². The number of methoxy groups -OCH3 is 1. The number of halogens is 1. The highest BCUT2D eigenvalue weighted by molar-refractivity contribution is 5.85. The predicted octanol–water partition coefficient (Wildman–Crippen LogP) is 2.27. The van der Waals surface area contributed by atoms with Crippen molar-refractivity contribution in [3.8, 4) is 5.75 Å². The lowest BCUT2D eigenvalue weighted by atomic mass is 9.99. The molecule has 1 aliphatic rings. The van der Waals surface area contributed by atoms with Gasteiger partial charge in [-0.05, 0) is 49.5 Å². The Labute approximate surface area is 97.4 Å². The standard InChI is InChI=1S/C12H17NO.ClH/c1-14-12-4-2-3-10(8-12)7-11-5-6-13-9-11;/h2-4,8,11,13H,5-7,9H2,1H3;1H. The monoisotopic (exact) mass is 227 g/mol. The zero-order valence-electron chi connectivity index (χ0n) is 9.03. The molecule has 1 N–H and O–H groups in total. The second-order valence-corrected chi connectivity index (χ2v) is 3.91. The Kier molecular flexibility index (Phi) is 4.92. The molecule has 0 amide bonds. The van der Waals surface area contributed by atoms with Crippen LogP contribution >= 0.6 is 12.4 Å². The first-order valence-corrected chi connectivity index (χ1v) is 5.22. The molecular formula is C12H18ClNO. The van der Waals surface area contributed by atoms with Crippen LogP contribution in [0.1, 0.15) is 12.0 Å². The lowest BCUT2D eigenvalue weighted by Crippen LogP contribution is -2.10. The van der Waals surface area contributed by atoms with Crippen molar-refractivity contribution < 1.29 is 4.74 Å². The number of nitrogens with one attached hydrogen (secondary N) is 1. The summed E-state index contributed by atoms with van der Waals surface area (Å²) in [6, 6.07) is 8.38. The van der Waals surface area contributed by atoms with Gasteiger partial charge in [0, 0.05) is 0 Å². The van der Waals surface area contributed by atoms with Gasteiger partial charge < -0.3 is 10.1 Å². The van der Waals surface area contributed by atoms with E-state index in [0.29, 0.717) is 0 Å². The zero-order chi connectivity index (χ0) is 9.80. The molecule has 1 heterocycles. The first kappa shape index (κ1) is 12.3. The van der Waals surface area contributed by atoms with E-state index < -0.39 is 0 Å². The number of ether oxygens (including phenoxy) is 1. The first-order chi connectivity index (χ1) is 6.88. The Hall–Kier alpha value is -0.730. The third-order valence-corrected chi connectivity index (χ3v) is 2.82. The largest absolute Gasteiger partial charge is 0.497 e. The van der Waals surface area contributed by atoms with Crippen LogP contribution in [-0.2, 0) is 6.42 Å². The summed E-state index contributed by atoms with van der Waals surface area (Å²) < 4.78 is 5.20. The van der Waals surface area contributed by atoms with Gasteiger partial charge in [-0.2, -0.15) is 0 Å². The van der Waals surface area contributed by atoms with Crippen molar-refractivity contribution in [3.05, 3.63) is 29.8 Å². The summed E-state index contributed by atoms with van der Waals surface area (Å²) in [4.78, 5) is 0. The second kappa shape index (κ2) is 5.99. The molecule has 1 unspecified atom stereocenters. The lowest BCUT2D eigenvalue weighted by Gasteiger charge is -2.09. The molecule has 2 nitrogen and oxygen atoms in total. The summed E-state index contributed by atoms with van der Waals surface area (Å²) in [7, 11) is 1.72. The van der Waals surface area contributed by atoms with Gasteiger partial charge in [0.25, 0.3) is 0 Å². The normalized spacial score (nSPS) is 19.7. The fourth-order valence-corrected chi connectivity index (χ4v) is 2.02. The molecule has 3 heteroatoms. The second-order valence-electron chi connectivity index (χ2n) is 3.91. The van der Waals surface area contributed by atoms with Gasteiger partial charge in [0.15, 0.2) is 0 Å². The molecule has 0 spiro atoms. The SMILES string of the molecule is COc1cccc(CC2CCNC2)c1.Cl. The van der Waals surface area contributed by atoms with E-state index in [-0.39, 0.29) is 12.4 Å². The van der Waals surface area contributed by atoms with Gasteiger partial charge >= 0.3 is 0 Å². The molecule has 84 valence electrons. The molecule has 15 heavy (non-hydrogen) atoms. The molecule has 1 atom stereocenters. The van der Waals surface area contributed by atoms with Crippen LogP contribution in [0.25, 0.3) is 0 Å². The molecular weight excluding hydrogens is 210 g/mol. The van der Waals surface area contributed by atoms with Crippen LogP contribution in [0.2, 0.25) is 0 Å². The fraction of sp³-hybridized carbons (Fsp3) is 0.500.